The first-order valence-electron chi connectivity index (χ1n) is 6.03. The fourth-order valence-corrected chi connectivity index (χ4v) is 2.71. The van der Waals surface area contributed by atoms with Gasteiger partial charge in [0.25, 0.3) is 5.91 Å². The van der Waals surface area contributed by atoms with Gasteiger partial charge in [-0.3, -0.25) is 4.79 Å². The number of anilines is 2. The van der Waals surface area contributed by atoms with Gasteiger partial charge in [-0.05, 0) is 37.5 Å². The van der Waals surface area contributed by atoms with Crippen LogP contribution in [-0.4, -0.2) is 21.8 Å². The summed E-state index contributed by atoms with van der Waals surface area (Å²) in [6, 6.07) is 7.44. The van der Waals surface area contributed by atoms with Gasteiger partial charge in [0, 0.05) is 5.69 Å². The minimum Gasteiger partial charge on any atom is -0.383 e. The lowest BCUT2D eigenvalue weighted by molar-refractivity contribution is 0.102. The maximum absolute atomic E-state index is 12.4. The Morgan fingerprint density at radius 1 is 1.38 bits per heavy atom. The first-order chi connectivity index (χ1) is 9.93. The maximum Gasteiger partial charge on any atom is 0.262 e. The quantitative estimate of drug-likeness (QED) is 0.347. The van der Waals surface area contributed by atoms with E-state index in [1.165, 1.54) is 16.4 Å². The van der Waals surface area contributed by atoms with E-state index in [1.807, 2.05) is 31.2 Å². The van der Waals surface area contributed by atoms with Crippen molar-refractivity contribution in [3.8, 4) is 0 Å². The third-order valence-corrected chi connectivity index (χ3v) is 3.92. The summed E-state index contributed by atoms with van der Waals surface area (Å²) in [5, 5.41) is 3.24. The van der Waals surface area contributed by atoms with Gasteiger partial charge in [-0.25, -0.2) is 9.66 Å². The molecule has 5 N–H and O–H groups in total. The minimum absolute atomic E-state index is 0.0654. The fraction of sp³-hybridized carbons (Fsp3) is 0.154. The number of nitrogens with zero attached hydrogens (tertiary/aromatic N) is 2. The van der Waals surface area contributed by atoms with Crippen molar-refractivity contribution in [2.24, 2.45) is 0 Å². The van der Waals surface area contributed by atoms with Crippen LogP contribution in [0.4, 0.5) is 11.5 Å². The Labute approximate surface area is 131 Å². The second kappa shape index (κ2) is 6.15. The fourth-order valence-electron chi connectivity index (χ4n) is 1.77. The number of hydrogen-bond donors (Lipinski definition) is 3. The third-order valence-electron chi connectivity index (χ3n) is 2.84. The number of benzene rings is 1. The lowest BCUT2D eigenvalue weighted by Gasteiger charge is -2.14. The minimum atomic E-state index is -0.373. The summed E-state index contributed by atoms with van der Waals surface area (Å²) in [5.41, 5.74) is 7.82. The molecule has 0 fully saturated rings. The van der Waals surface area contributed by atoms with Gasteiger partial charge in [0.15, 0.2) is 0 Å². The molecule has 1 heterocycles. The van der Waals surface area contributed by atoms with E-state index in [0.717, 1.165) is 5.56 Å². The molecule has 1 amide bonds. The molecule has 1 aromatic heterocycles. The summed E-state index contributed by atoms with van der Waals surface area (Å²) in [7, 11) is 0. The van der Waals surface area contributed by atoms with Crippen LogP contribution in [-0.2, 0) is 0 Å². The zero-order chi connectivity index (χ0) is 15.6. The average Bonchev–Trinajstić information content (AvgIpc) is 2.44. The molecule has 0 bridgehead atoms. The monoisotopic (exact) mass is 321 g/mol. The Morgan fingerprint density at radius 3 is 2.57 bits per heavy atom. The van der Waals surface area contributed by atoms with Crippen LogP contribution in [0.2, 0.25) is 0 Å². The van der Waals surface area contributed by atoms with Gasteiger partial charge < -0.3 is 16.9 Å². The van der Waals surface area contributed by atoms with Gasteiger partial charge in [0.2, 0.25) is 4.77 Å². The van der Waals surface area contributed by atoms with Crippen LogP contribution in [0.15, 0.2) is 29.3 Å². The first-order valence-corrected chi connectivity index (χ1v) is 7.67. The third kappa shape index (κ3) is 3.17. The number of carbonyl (C=O) groups is 1. The number of aromatic nitrogens is 2. The molecule has 0 radical (unpaired) electrons. The van der Waals surface area contributed by atoms with E-state index in [9.17, 15) is 4.79 Å². The lowest BCUT2D eigenvalue weighted by atomic mass is 10.2. The van der Waals surface area contributed by atoms with Gasteiger partial charge in [0.05, 0.1) is 0 Å². The van der Waals surface area contributed by atoms with Crippen molar-refractivity contribution in [2.75, 3.05) is 23.1 Å². The van der Waals surface area contributed by atoms with Gasteiger partial charge in [0.1, 0.15) is 16.4 Å². The first kappa shape index (κ1) is 15.3. The van der Waals surface area contributed by atoms with Crippen LogP contribution < -0.4 is 16.9 Å². The van der Waals surface area contributed by atoms with E-state index >= 15 is 0 Å². The highest BCUT2D eigenvalue weighted by Gasteiger charge is 2.19. The van der Waals surface area contributed by atoms with Crippen LogP contribution in [0.1, 0.15) is 15.9 Å². The number of nitrogens with two attached hydrogens (primary N) is 2. The Balaban J connectivity index is 2.41. The molecule has 0 atom stereocenters. The van der Waals surface area contributed by atoms with Crippen LogP contribution in [0.5, 0.6) is 0 Å². The van der Waals surface area contributed by atoms with Gasteiger partial charge in [-0.1, -0.05) is 17.7 Å². The van der Waals surface area contributed by atoms with E-state index in [2.05, 4.69) is 10.3 Å². The van der Waals surface area contributed by atoms with Gasteiger partial charge >= 0.3 is 0 Å². The Morgan fingerprint density at radius 2 is 2.00 bits per heavy atom. The summed E-state index contributed by atoms with van der Waals surface area (Å²) in [6.45, 7) is 1.97. The molecule has 2 rings (SSSR count). The molecule has 0 aliphatic heterocycles. The van der Waals surface area contributed by atoms with Gasteiger partial charge in [-0.15, -0.1) is 11.8 Å². The normalized spacial score (nSPS) is 10.4. The predicted octanol–water partition coefficient (Wildman–Crippen LogP) is 2.19. The van der Waals surface area contributed by atoms with E-state index in [-0.39, 0.29) is 22.1 Å². The molecule has 0 aliphatic carbocycles. The molecule has 110 valence electrons. The molecular formula is C13H15N5OS2. The predicted molar refractivity (Wildman–Crippen MR) is 88.5 cm³/mol. The highest BCUT2D eigenvalue weighted by Crippen LogP contribution is 2.24. The largest absolute Gasteiger partial charge is 0.383 e. The second-order valence-corrected chi connectivity index (χ2v) is 5.51. The van der Waals surface area contributed by atoms with Gasteiger partial charge in [-0.2, -0.15) is 0 Å². The summed E-state index contributed by atoms with van der Waals surface area (Å²) in [5.74, 6) is 5.50. The highest BCUT2D eigenvalue weighted by atomic mass is 32.2. The molecule has 21 heavy (non-hydrogen) atoms. The molecule has 8 heteroatoms. The topological polar surface area (TPSA) is 99.0 Å². The number of nitrogen functional groups attached to an aromatic ring is 2. The number of rotatable bonds is 3. The number of hydrogen-bond acceptors (Lipinski definition) is 6. The molecule has 2 aromatic rings. The Kier molecular flexibility index (Phi) is 4.49. The molecule has 1 aromatic carbocycles. The zero-order valence-electron chi connectivity index (χ0n) is 11.6. The molecule has 0 unspecified atom stereocenters. The van der Waals surface area contributed by atoms with Crippen molar-refractivity contribution in [1.29, 1.82) is 0 Å². The summed E-state index contributed by atoms with van der Waals surface area (Å²) in [6.07, 6.45) is 1.79. The van der Waals surface area contributed by atoms with Crippen molar-refractivity contribution in [3.05, 3.63) is 40.2 Å². The second-order valence-electron chi connectivity index (χ2n) is 4.35. The maximum atomic E-state index is 12.4. The van der Waals surface area contributed by atoms with Crippen molar-refractivity contribution in [3.63, 3.8) is 0 Å². The van der Waals surface area contributed by atoms with Crippen molar-refractivity contribution in [1.82, 2.24) is 9.66 Å². The van der Waals surface area contributed by atoms with E-state index in [4.69, 9.17) is 23.8 Å². The number of aryl methyl sites for hydroxylation is 1. The zero-order valence-corrected chi connectivity index (χ0v) is 13.2. The molecule has 6 nitrogen and oxygen atoms in total. The number of thioether (sulfide) groups is 1. The molecular weight excluding hydrogens is 306 g/mol. The average molecular weight is 321 g/mol. The highest BCUT2D eigenvalue weighted by molar-refractivity contribution is 7.98. The standard InChI is InChI=1S/C13H15N5OS2/c1-7-3-5-8(6-4-7)16-11(19)9-10(14)17-13(20)18(15)12(9)21-2/h3-6H,15H2,1-2H3,(H,16,19)(H2,14,17,20). The summed E-state index contributed by atoms with van der Waals surface area (Å²) < 4.78 is 1.31. The van der Waals surface area contributed by atoms with Crippen LogP contribution in [0, 0.1) is 11.7 Å². The number of nitrogens with one attached hydrogen (secondary N) is 1. The smallest absolute Gasteiger partial charge is 0.262 e. The van der Waals surface area contributed by atoms with E-state index in [0.29, 0.717) is 10.7 Å². The van der Waals surface area contributed by atoms with E-state index in [1.54, 1.807) is 6.26 Å². The van der Waals surface area contributed by atoms with E-state index < -0.39 is 0 Å². The van der Waals surface area contributed by atoms with Crippen LogP contribution >= 0.6 is 24.0 Å². The van der Waals surface area contributed by atoms with Crippen LogP contribution in [0.25, 0.3) is 0 Å². The summed E-state index contributed by atoms with van der Waals surface area (Å²) >= 11 is 6.27. The molecule has 0 spiro atoms. The molecule has 0 saturated heterocycles. The molecule has 0 aliphatic rings. The van der Waals surface area contributed by atoms with Crippen molar-refractivity contribution in [2.45, 2.75) is 11.9 Å². The lowest BCUT2D eigenvalue weighted by Crippen LogP contribution is -2.23. The van der Waals surface area contributed by atoms with Crippen LogP contribution in [0.3, 0.4) is 0 Å². The Hall–Kier alpha value is -2.06. The molecule has 0 saturated carbocycles. The Bertz CT molecular complexity index is 739. The van der Waals surface area contributed by atoms with Crippen molar-refractivity contribution >= 4 is 41.4 Å². The summed E-state index contributed by atoms with van der Waals surface area (Å²) in [4.78, 5) is 16.3. The number of carbonyl (C=O) groups excluding carboxylic acids is 1. The van der Waals surface area contributed by atoms with Crippen molar-refractivity contribution < 1.29 is 4.79 Å². The SMILES string of the molecule is CSc1c(C(=O)Nc2ccc(C)cc2)c(N)nc(=S)n1N. The number of amides is 1.